The Kier molecular flexibility index (Phi) is 3.64. The van der Waals surface area contributed by atoms with E-state index in [2.05, 4.69) is 49.7 Å². The molecule has 0 amide bonds. The normalized spacial score (nSPS) is 10.6. The Balaban J connectivity index is 1.66. The van der Waals surface area contributed by atoms with E-state index in [0.717, 1.165) is 35.0 Å². The van der Waals surface area contributed by atoms with E-state index in [1.807, 2.05) is 19.9 Å². The summed E-state index contributed by atoms with van der Waals surface area (Å²) in [6.07, 6.45) is 3.52. The SMILES string of the molecule is Cc1ncc(NCc2ccc(-c3ccn[nH]3)cc2)nc1C. The lowest BCUT2D eigenvalue weighted by Gasteiger charge is -2.07. The molecule has 0 unspecified atom stereocenters. The van der Waals surface area contributed by atoms with Crippen molar-refractivity contribution in [2.75, 3.05) is 5.32 Å². The van der Waals surface area contributed by atoms with Crippen molar-refractivity contribution in [2.45, 2.75) is 20.4 Å². The summed E-state index contributed by atoms with van der Waals surface area (Å²) in [4.78, 5) is 8.76. The van der Waals surface area contributed by atoms with Gasteiger partial charge in [0.05, 0.1) is 23.3 Å². The molecule has 2 N–H and O–H groups in total. The molecule has 0 aliphatic rings. The van der Waals surface area contributed by atoms with Crippen molar-refractivity contribution in [2.24, 2.45) is 0 Å². The number of benzene rings is 1. The molecule has 106 valence electrons. The Morgan fingerprint density at radius 3 is 2.52 bits per heavy atom. The van der Waals surface area contributed by atoms with Gasteiger partial charge in [0.2, 0.25) is 0 Å². The topological polar surface area (TPSA) is 66.5 Å². The number of anilines is 1. The van der Waals surface area contributed by atoms with Gasteiger partial charge in [-0.2, -0.15) is 5.10 Å². The largest absolute Gasteiger partial charge is 0.365 e. The van der Waals surface area contributed by atoms with Crippen molar-refractivity contribution in [3.05, 3.63) is 59.7 Å². The molecular formula is C16H17N5. The van der Waals surface area contributed by atoms with Crippen molar-refractivity contribution in [3.8, 4) is 11.3 Å². The molecule has 0 fully saturated rings. The summed E-state index contributed by atoms with van der Waals surface area (Å²) in [5.74, 6) is 0.802. The molecule has 2 aromatic heterocycles. The zero-order chi connectivity index (χ0) is 14.7. The molecule has 0 atom stereocenters. The van der Waals surface area contributed by atoms with Crippen molar-refractivity contribution in [1.82, 2.24) is 20.2 Å². The van der Waals surface area contributed by atoms with Gasteiger partial charge in [0.15, 0.2) is 0 Å². The van der Waals surface area contributed by atoms with Crippen LogP contribution in [0.3, 0.4) is 0 Å². The number of rotatable bonds is 4. The Bertz CT molecular complexity index is 717. The van der Waals surface area contributed by atoms with E-state index in [1.54, 1.807) is 12.4 Å². The van der Waals surface area contributed by atoms with Crippen molar-refractivity contribution >= 4 is 5.82 Å². The van der Waals surface area contributed by atoms with Gasteiger partial charge in [0, 0.05) is 12.7 Å². The second kappa shape index (κ2) is 5.75. The minimum atomic E-state index is 0.723. The summed E-state index contributed by atoms with van der Waals surface area (Å²) < 4.78 is 0. The van der Waals surface area contributed by atoms with Crippen molar-refractivity contribution in [1.29, 1.82) is 0 Å². The molecule has 3 aromatic rings. The van der Waals surface area contributed by atoms with Gasteiger partial charge in [-0.1, -0.05) is 24.3 Å². The molecule has 0 saturated heterocycles. The van der Waals surface area contributed by atoms with Crippen LogP contribution in [0.5, 0.6) is 0 Å². The van der Waals surface area contributed by atoms with Gasteiger partial charge >= 0.3 is 0 Å². The molecule has 5 nitrogen and oxygen atoms in total. The number of aromatic amines is 1. The lowest BCUT2D eigenvalue weighted by atomic mass is 10.1. The van der Waals surface area contributed by atoms with Crippen LogP contribution in [0, 0.1) is 13.8 Å². The highest BCUT2D eigenvalue weighted by Crippen LogP contribution is 2.17. The third-order valence-electron chi connectivity index (χ3n) is 3.43. The first kappa shape index (κ1) is 13.3. The van der Waals surface area contributed by atoms with E-state index in [9.17, 15) is 0 Å². The molecule has 0 spiro atoms. The van der Waals surface area contributed by atoms with E-state index in [0.29, 0.717) is 0 Å². The number of H-pyrrole nitrogens is 1. The van der Waals surface area contributed by atoms with Gasteiger partial charge in [0.1, 0.15) is 5.82 Å². The van der Waals surface area contributed by atoms with Gasteiger partial charge in [-0.05, 0) is 31.0 Å². The minimum Gasteiger partial charge on any atom is -0.365 e. The third kappa shape index (κ3) is 3.08. The number of nitrogens with one attached hydrogen (secondary N) is 2. The highest BCUT2D eigenvalue weighted by molar-refractivity contribution is 5.58. The molecule has 2 heterocycles. The first-order valence-electron chi connectivity index (χ1n) is 6.85. The minimum absolute atomic E-state index is 0.723. The van der Waals surface area contributed by atoms with Crippen LogP contribution in [0.25, 0.3) is 11.3 Å². The average Bonchev–Trinajstić information content (AvgIpc) is 3.03. The maximum Gasteiger partial charge on any atom is 0.145 e. The highest BCUT2D eigenvalue weighted by atomic mass is 15.1. The lowest BCUT2D eigenvalue weighted by molar-refractivity contribution is 1.02. The summed E-state index contributed by atoms with van der Waals surface area (Å²) in [6, 6.07) is 10.3. The molecule has 5 heteroatoms. The zero-order valence-corrected chi connectivity index (χ0v) is 12.1. The van der Waals surface area contributed by atoms with E-state index in [1.165, 1.54) is 5.56 Å². The van der Waals surface area contributed by atoms with Gasteiger partial charge < -0.3 is 5.32 Å². The summed E-state index contributed by atoms with van der Waals surface area (Å²) >= 11 is 0. The Hall–Kier alpha value is -2.69. The summed E-state index contributed by atoms with van der Waals surface area (Å²) in [6.45, 7) is 4.65. The Morgan fingerprint density at radius 1 is 1.05 bits per heavy atom. The maximum absolute atomic E-state index is 4.46. The number of aryl methyl sites for hydroxylation is 2. The zero-order valence-electron chi connectivity index (χ0n) is 12.1. The van der Waals surface area contributed by atoms with Gasteiger partial charge in [-0.15, -0.1) is 0 Å². The van der Waals surface area contributed by atoms with E-state index < -0.39 is 0 Å². The number of aromatic nitrogens is 4. The van der Waals surface area contributed by atoms with Gasteiger partial charge in [0.25, 0.3) is 0 Å². The van der Waals surface area contributed by atoms with Crippen LogP contribution >= 0.6 is 0 Å². The van der Waals surface area contributed by atoms with Crippen LogP contribution in [0.15, 0.2) is 42.7 Å². The summed E-state index contributed by atoms with van der Waals surface area (Å²) in [5, 5.41) is 10.2. The molecule has 0 radical (unpaired) electrons. The molecule has 0 aliphatic carbocycles. The number of nitrogens with zero attached hydrogens (tertiary/aromatic N) is 3. The fraction of sp³-hybridized carbons (Fsp3) is 0.188. The second-order valence-corrected chi connectivity index (χ2v) is 4.95. The van der Waals surface area contributed by atoms with Gasteiger partial charge in [-0.3, -0.25) is 10.1 Å². The molecule has 21 heavy (non-hydrogen) atoms. The van der Waals surface area contributed by atoms with Crippen LogP contribution in [0.2, 0.25) is 0 Å². The van der Waals surface area contributed by atoms with E-state index >= 15 is 0 Å². The lowest BCUT2D eigenvalue weighted by Crippen LogP contribution is -2.03. The molecule has 0 saturated carbocycles. The molecular weight excluding hydrogens is 262 g/mol. The third-order valence-corrected chi connectivity index (χ3v) is 3.43. The average molecular weight is 279 g/mol. The predicted octanol–water partition coefficient (Wildman–Crippen LogP) is 3.10. The molecule has 0 aliphatic heterocycles. The Morgan fingerprint density at radius 2 is 1.86 bits per heavy atom. The standard InChI is InChI=1S/C16H17N5/c1-11-12(2)20-16(10-17-11)18-9-13-3-5-14(6-4-13)15-7-8-19-21-15/h3-8,10H,9H2,1-2H3,(H,18,20)(H,19,21). The molecule has 1 aromatic carbocycles. The number of hydrogen-bond donors (Lipinski definition) is 2. The summed E-state index contributed by atoms with van der Waals surface area (Å²) in [7, 11) is 0. The monoisotopic (exact) mass is 279 g/mol. The fourth-order valence-corrected chi connectivity index (χ4v) is 2.04. The molecule has 0 bridgehead atoms. The van der Waals surface area contributed by atoms with E-state index in [4.69, 9.17) is 0 Å². The summed E-state index contributed by atoms with van der Waals surface area (Å²) in [5.41, 5.74) is 5.26. The van der Waals surface area contributed by atoms with Gasteiger partial charge in [-0.25, -0.2) is 4.98 Å². The molecule has 3 rings (SSSR count). The number of hydrogen-bond acceptors (Lipinski definition) is 4. The highest BCUT2D eigenvalue weighted by Gasteiger charge is 2.01. The fourth-order valence-electron chi connectivity index (χ4n) is 2.04. The first-order chi connectivity index (χ1) is 10.2. The smallest absolute Gasteiger partial charge is 0.145 e. The maximum atomic E-state index is 4.46. The van der Waals surface area contributed by atoms with E-state index in [-0.39, 0.29) is 0 Å². The van der Waals surface area contributed by atoms with Crippen molar-refractivity contribution in [3.63, 3.8) is 0 Å². The Labute approximate surface area is 123 Å². The van der Waals surface area contributed by atoms with Crippen molar-refractivity contribution < 1.29 is 0 Å². The van der Waals surface area contributed by atoms with Crippen LogP contribution in [0.1, 0.15) is 17.0 Å². The van der Waals surface area contributed by atoms with Crippen LogP contribution in [-0.2, 0) is 6.54 Å². The van der Waals surface area contributed by atoms with Crippen LogP contribution in [-0.4, -0.2) is 20.2 Å². The quantitative estimate of drug-likeness (QED) is 0.770. The first-order valence-corrected chi connectivity index (χ1v) is 6.85. The van der Waals surface area contributed by atoms with Crippen LogP contribution in [0.4, 0.5) is 5.82 Å². The van der Waals surface area contributed by atoms with Crippen LogP contribution < -0.4 is 5.32 Å². The predicted molar refractivity (Wildman–Crippen MR) is 82.9 cm³/mol. The second-order valence-electron chi connectivity index (χ2n) is 4.95.